The second-order valence-electron chi connectivity index (χ2n) is 10.3. The molecule has 1 aliphatic heterocycles. The molecule has 8 nitrogen and oxygen atoms in total. The Morgan fingerprint density at radius 2 is 1.58 bits per heavy atom. The fraction of sp³-hybridized carbons (Fsp3) is 0.235. The number of para-hydroxylation sites is 2. The number of thiophene rings is 1. The van der Waals surface area contributed by atoms with E-state index in [0.717, 1.165) is 27.6 Å². The molecule has 1 N–H and O–H groups in total. The molecule has 0 spiro atoms. The van der Waals surface area contributed by atoms with Gasteiger partial charge in [-0.15, -0.1) is 11.3 Å². The van der Waals surface area contributed by atoms with Gasteiger partial charge < -0.3 is 24.3 Å². The van der Waals surface area contributed by atoms with E-state index in [1.807, 2.05) is 66.0 Å². The first kappa shape index (κ1) is 28.4. The standard InChI is InChI=1S/C34H32N2O6S/c1-39-23-13-11-20(12-14-23)21-16-25-31(27(37)17-21)32(30-10-7-15-43-30)36(26-9-6-5-8-24(26)35-25)34(38)22-18-28(40-2)33(42-4)29(19-22)41-3/h5-15,18-19,21,32,35H,16-17H2,1-4H3/t21-,32+/m1/s1. The molecule has 43 heavy (non-hydrogen) atoms. The lowest BCUT2D eigenvalue weighted by Crippen LogP contribution is -2.38. The Hall–Kier alpha value is -4.76. The van der Waals surface area contributed by atoms with Crippen LogP contribution in [0.2, 0.25) is 0 Å². The third-order valence-electron chi connectivity index (χ3n) is 8.02. The Balaban J connectivity index is 1.52. The van der Waals surface area contributed by atoms with Crippen molar-refractivity contribution in [2.24, 2.45) is 0 Å². The first-order valence-electron chi connectivity index (χ1n) is 13.9. The van der Waals surface area contributed by atoms with Gasteiger partial charge in [-0.2, -0.15) is 0 Å². The van der Waals surface area contributed by atoms with E-state index in [4.69, 9.17) is 18.9 Å². The molecule has 0 saturated heterocycles. The molecule has 1 aliphatic carbocycles. The van der Waals surface area contributed by atoms with Gasteiger partial charge in [-0.3, -0.25) is 14.5 Å². The van der Waals surface area contributed by atoms with Gasteiger partial charge in [0.15, 0.2) is 17.3 Å². The van der Waals surface area contributed by atoms with E-state index in [1.54, 1.807) is 24.1 Å². The summed E-state index contributed by atoms with van der Waals surface area (Å²) >= 11 is 1.52. The zero-order valence-electron chi connectivity index (χ0n) is 24.4. The van der Waals surface area contributed by atoms with E-state index in [2.05, 4.69) is 5.32 Å². The number of carbonyl (C=O) groups excluding carboxylic acids is 2. The van der Waals surface area contributed by atoms with Gasteiger partial charge in [0.2, 0.25) is 5.75 Å². The number of nitrogens with one attached hydrogen (secondary N) is 1. The highest BCUT2D eigenvalue weighted by atomic mass is 32.1. The SMILES string of the molecule is COc1ccc([C@H]2CC(=O)C3=C(C2)Nc2ccccc2N(C(=O)c2cc(OC)c(OC)c(OC)c2)[C@H]3c2cccs2)cc1. The van der Waals surface area contributed by atoms with Crippen LogP contribution in [0.1, 0.15) is 45.6 Å². The van der Waals surface area contributed by atoms with E-state index < -0.39 is 6.04 Å². The molecule has 220 valence electrons. The normalized spacial score (nSPS) is 17.8. The molecule has 0 fully saturated rings. The average Bonchev–Trinajstić information content (AvgIpc) is 3.53. The molecule has 2 aliphatic rings. The van der Waals surface area contributed by atoms with E-state index in [-0.39, 0.29) is 17.6 Å². The van der Waals surface area contributed by atoms with Crippen LogP contribution in [0.15, 0.2) is 89.4 Å². The van der Waals surface area contributed by atoms with Crippen LogP contribution < -0.4 is 29.2 Å². The van der Waals surface area contributed by atoms with E-state index in [1.165, 1.54) is 32.7 Å². The fourth-order valence-corrected chi connectivity index (χ4v) is 6.81. The van der Waals surface area contributed by atoms with E-state index in [9.17, 15) is 9.59 Å². The van der Waals surface area contributed by atoms with Crippen LogP contribution in [-0.4, -0.2) is 40.1 Å². The van der Waals surface area contributed by atoms with Gasteiger partial charge >= 0.3 is 0 Å². The number of benzene rings is 3. The molecule has 1 amide bonds. The topological polar surface area (TPSA) is 86.3 Å². The first-order chi connectivity index (χ1) is 21.0. The molecular weight excluding hydrogens is 564 g/mol. The number of amides is 1. The highest BCUT2D eigenvalue weighted by molar-refractivity contribution is 7.10. The van der Waals surface area contributed by atoms with Crippen molar-refractivity contribution in [3.63, 3.8) is 0 Å². The third-order valence-corrected chi connectivity index (χ3v) is 8.94. The number of methoxy groups -OCH3 is 4. The minimum Gasteiger partial charge on any atom is -0.497 e. The lowest BCUT2D eigenvalue weighted by Gasteiger charge is -2.34. The summed E-state index contributed by atoms with van der Waals surface area (Å²) in [6.45, 7) is 0. The summed E-state index contributed by atoms with van der Waals surface area (Å²) in [5, 5.41) is 5.55. The highest BCUT2D eigenvalue weighted by Crippen LogP contribution is 2.49. The quantitative estimate of drug-likeness (QED) is 0.246. The molecule has 0 radical (unpaired) electrons. The number of ether oxygens (including phenoxy) is 4. The molecule has 0 saturated carbocycles. The van der Waals surface area contributed by atoms with Crippen molar-refractivity contribution in [1.82, 2.24) is 0 Å². The Morgan fingerprint density at radius 1 is 0.860 bits per heavy atom. The van der Waals surface area contributed by atoms with Crippen molar-refractivity contribution >= 4 is 34.4 Å². The van der Waals surface area contributed by atoms with Gasteiger partial charge in [0, 0.05) is 28.1 Å². The fourth-order valence-electron chi connectivity index (χ4n) is 5.99. The third kappa shape index (κ3) is 5.10. The van der Waals surface area contributed by atoms with Crippen molar-refractivity contribution in [3.8, 4) is 23.0 Å². The smallest absolute Gasteiger partial charge is 0.259 e. The van der Waals surface area contributed by atoms with Gasteiger partial charge in [0.1, 0.15) is 11.8 Å². The largest absolute Gasteiger partial charge is 0.497 e. The number of carbonyl (C=O) groups is 2. The van der Waals surface area contributed by atoms with Gasteiger partial charge in [0.25, 0.3) is 5.91 Å². The maximum Gasteiger partial charge on any atom is 0.259 e. The molecule has 0 unspecified atom stereocenters. The van der Waals surface area contributed by atoms with Crippen LogP contribution in [0.4, 0.5) is 11.4 Å². The van der Waals surface area contributed by atoms with Crippen LogP contribution in [0, 0.1) is 0 Å². The number of hydrogen-bond donors (Lipinski definition) is 1. The number of allylic oxidation sites excluding steroid dienone is 1. The number of Topliss-reactive ketones (excluding diaryl/α,β-unsaturated/α-hetero) is 1. The predicted octanol–water partition coefficient (Wildman–Crippen LogP) is 7.00. The van der Waals surface area contributed by atoms with Crippen molar-refractivity contribution < 1.29 is 28.5 Å². The number of nitrogens with zero attached hydrogens (tertiary/aromatic N) is 1. The highest BCUT2D eigenvalue weighted by Gasteiger charge is 2.42. The van der Waals surface area contributed by atoms with Gasteiger partial charge in [-0.25, -0.2) is 0 Å². The van der Waals surface area contributed by atoms with E-state index in [0.29, 0.717) is 46.9 Å². The molecule has 2 heterocycles. The van der Waals surface area contributed by atoms with E-state index >= 15 is 0 Å². The zero-order valence-corrected chi connectivity index (χ0v) is 25.2. The van der Waals surface area contributed by atoms with Crippen molar-refractivity contribution in [2.45, 2.75) is 24.8 Å². The summed E-state index contributed by atoms with van der Waals surface area (Å²) in [7, 11) is 6.19. The first-order valence-corrected chi connectivity index (χ1v) is 14.8. The van der Waals surface area contributed by atoms with Crippen LogP contribution in [0.25, 0.3) is 0 Å². The Bertz CT molecular complexity index is 1670. The second-order valence-corrected chi connectivity index (χ2v) is 11.3. The summed E-state index contributed by atoms with van der Waals surface area (Å²) < 4.78 is 22.0. The Labute approximate surface area is 254 Å². The van der Waals surface area contributed by atoms with Crippen molar-refractivity contribution in [2.75, 3.05) is 38.7 Å². The average molecular weight is 597 g/mol. The molecular formula is C34H32N2O6S. The minimum absolute atomic E-state index is 0.00321. The summed E-state index contributed by atoms with van der Waals surface area (Å²) in [6, 6.07) is 22.1. The Kier molecular flexibility index (Phi) is 7.82. The van der Waals surface area contributed by atoms with Crippen LogP contribution in [0.5, 0.6) is 23.0 Å². The lowest BCUT2D eigenvalue weighted by molar-refractivity contribution is -0.116. The molecule has 3 aromatic carbocycles. The minimum atomic E-state index is -0.637. The van der Waals surface area contributed by atoms with Crippen molar-refractivity contribution in [3.05, 3.63) is 105 Å². The second kappa shape index (κ2) is 11.9. The molecule has 1 aromatic heterocycles. The predicted molar refractivity (Wildman–Crippen MR) is 167 cm³/mol. The van der Waals surface area contributed by atoms with Crippen molar-refractivity contribution in [1.29, 1.82) is 0 Å². The molecule has 2 atom stereocenters. The van der Waals surface area contributed by atoms with Crippen LogP contribution >= 0.6 is 11.3 Å². The molecule has 6 rings (SSSR count). The maximum absolute atomic E-state index is 14.7. The number of ketones is 1. The summed E-state index contributed by atoms with van der Waals surface area (Å²) in [6.07, 6.45) is 0.951. The zero-order chi connectivity index (χ0) is 30.1. The maximum atomic E-state index is 14.7. The summed E-state index contributed by atoms with van der Waals surface area (Å²) in [4.78, 5) is 31.5. The van der Waals surface area contributed by atoms with Crippen LogP contribution in [0.3, 0.4) is 0 Å². The molecule has 9 heteroatoms. The number of rotatable bonds is 7. The number of fused-ring (bicyclic) bond motifs is 1. The van der Waals surface area contributed by atoms with Gasteiger partial charge in [0.05, 0.1) is 39.8 Å². The van der Waals surface area contributed by atoms with Crippen LogP contribution in [-0.2, 0) is 4.79 Å². The van der Waals surface area contributed by atoms with Gasteiger partial charge in [-0.05, 0) is 65.7 Å². The number of anilines is 2. The molecule has 0 bridgehead atoms. The summed E-state index contributed by atoms with van der Waals surface area (Å²) in [5.74, 6) is 1.59. The monoisotopic (exact) mass is 596 g/mol. The summed E-state index contributed by atoms with van der Waals surface area (Å²) in [5.41, 5.74) is 4.25. The Morgan fingerprint density at radius 3 is 2.21 bits per heavy atom. The van der Waals surface area contributed by atoms with Gasteiger partial charge in [-0.1, -0.05) is 30.3 Å². The lowest BCUT2D eigenvalue weighted by atomic mass is 9.79. The molecule has 4 aromatic rings. The number of hydrogen-bond acceptors (Lipinski definition) is 8.